The molecule has 0 aliphatic heterocycles. The average molecular weight is 420 g/mol. The van der Waals surface area contributed by atoms with Crippen molar-refractivity contribution in [3.05, 3.63) is 83.7 Å². The van der Waals surface area contributed by atoms with Gasteiger partial charge in [0, 0.05) is 18.1 Å². The molecule has 160 valence electrons. The minimum absolute atomic E-state index is 0.270. The van der Waals surface area contributed by atoms with Gasteiger partial charge in [-0.15, -0.1) is 0 Å². The summed E-state index contributed by atoms with van der Waals surface area (Å²) in [5.41, 5.74) is 2.18. The van der Waals surface area contributed by atoms with E-state index in [2.05, 4.69) is 4.98 Å². The number of benzene rings is 2. The van der Waals surface area contributed by atoms with E-state index in [0.29, 0.717) is 34.9 Å². The maximum absolute atomic E-state index is 13.7. The van der Waals surface area contributed by atoms with Gasteiger partial charge in [0.25, 0.3) is 5.91 Å². The van der Waals surface area contributed by atoms with Gasteiger partial charge in [-0.05, 0) is 55.0 Å². The summed E-state index contributed by atoms with van der Waals surface area (Å²) in [4.78, 5) is 31.4. The van der Waals surface area contributed by atoms with E-state index in [0.717, 1.165) is 5.56 Å². The monoisotopic (exact) mass is 420 g/mol. The number of pyridine rings is 1. The number of hydrogen-bond acceptors (Lipinski definition) is 6. The van der Waals surface area contributed by atoms with Crippen molar-refractivity contribution in [2.24, 2.45) is 0 Å². The van der Waals surface area contributed by atoms with E-state index in [4.69, 9.17) is 14.2 Å². The summed E-state index contributed by atoms with van der Waals surface area (Å²) in [6, 6.07) is 15.6. The number of esters is 1. The number of methoxy groups -OCH3 is 2. The molecule has 0 aliphatic carbocycles. The maximum atomic E-state index is 13.7. The highest BCUT2D eigenvalue weighted by molar-refractivity contribution is 6.09. The van der Waals surface area contributed by atoms with Crippen LogP contribution >= 0.6 is 0 Å². The highest BCUT2D eigenvalue weighted by atomic mass is 16.5. The lowest BCUT2D eigenvalue weighted by molar-refractivity contribution is 0.0526. The van der Waals surface area contributed by atoms with Crippen LogP contribution in [0, 0.1) is 0 Å². The Morgan fingerprint density at radius 1 is 0.935 bits per heavy atom. The molecular weight excluding hydrogens is 396 g/mol. The Labute approximate surface area is 181 Å². The minimum atomic E-state index is -0.411. The summed E-state index contributed by atoms with van der Waals surface area (Å²) in [6.07, 6.45) is 3.37. The molecule has 3 rings (SSSR count). The van der Waals surface area contributed by atoms with Crippen LogP contribution in [0.2, 0.25) is 0 Å². The first-order valence-corrected chi connectivity index (χ1v) is 9.78. The first-order valence-electron chi connectivity index (χ1n) is 9.78. The SMILES string of the molecule is CCOC(=O)c1ccc(N(Cc2cccnc2)C(=O)c2c(OC)cccc2OC)cc1. The molecule has 7 heteroatoms. The van der Waals surface area contributed by atoms with Crippen molar-refractivity contribution in [3.63, 3.8) is 0 Å². The molecule has 31 heavy (non-hydrogen) atoms. The zero-order chi connectivity index (χ0) is 22.2. The lowest BCUT2D eigenvalue weighted by atomic mass is 10.1. The molecule has 0 bridgehead atoms. The number of nitrogens with zero attached hydrogens (tertiary/aromatic N) is 2. The van der Waals surface area contributed by atoms with E-state index in [-0.39, 0.29) is 12.5 Å². The number of amides is 1. The Morgan fingerprint density at radius 2 is 1.61 bits per heavy atom. The third-order valence-corrected chi connectivity index (χ3v) is 4.64. The topological polar surface area (TPSA) is 78.0 Å². The first kappa shape index (κ1) is 21.8. The Morgan fingerprint density at radius 3 is 2.16 bits per heavy atom. The van der Waals surface area contributed by atoms with Gasteiger partial charge in [0.2, 0.25) is 0 Å². The molecule has 1 aromatic heterocycles. The van der Waals surface area contributed by atoms with Gasteiger partial charge < -0.3 is 19.1 Å². The van der Waals surface area contributed by atoms with E-state index < -0.39 is 5.97 Å². The van der Waals surface area contributed by atoms with E-state index in [1.165, 1.54) is 14.2 Å². The van der Waals surface area contributed by atoms with Crippen molar-refractivity contribution in [2.75, 3.05) is 25.7 Å². The third-order valence-electron chi connectivity index (χ3n) is 4.64. The van der Waals surface area contributed by atoms with E-state index in [1.54, 1.807) is 66.7 Å². The zero-order valence-electron chi connectivity index (χ0n) is 17.7. The maximum Gasteiger partial charge on any atom is 0.338 e. The zero-order valence-corrected chi connectivity index (χ0v) is 17.7. The Kier molecular flexibility index (Phi) is 7.22. The molecule has 0 fully saturated rings. The van der Waals surface area contributed by atoms with Gasteiger partial charge in [0.15, 0.2) is 0 Å². The molecule has 0 atom stereocenters. The number of anilines is 1. The molecule has 0 saturated carbocycles. The molecule has 7 nitrogen and oxygen atoms in total. The molecule has 3 aromatic rings. The minimum Gasteiger partial charge on any atom is -0.496 e. The summed E-state index contributed by atoms with van der Waals surface area (Å²) >= 11 is 0. The normalized spacial score (nSPS) is 10.3. The molecule has 1 heterocycles. The summed E-state index contributed by atoms with van der Waals surface area (Å²) in [5.74, 6) is 0.0972. The van der Waals surface area contributed by atoms with Crippen LogP contribution in [0.1, 0.15) is 33.2 Å². The van der Waals surface area contributed by atoms with Crippen LogP contribution < -0.4 is 14.4 Å². The van der Waals surface area contributed by atoms with E-state index in [1.807, 2.05) is 12.1 Å². The molecule has 2 aromatic carbocycles. The molecule has 0 radical (unpaired) electrons. The molecule has 0 spiro atoms. The predicted molar refractivity (Wildman–Crippen MR) is 117 cm³/mol. The number of carbonyl (C=O) groups excluding carboxylic acids is 2. The number of hydrogen-bond donors (Lipinski definition) is 0. The molecule has 0 aliphatic rings. The summed E-state index contributed by atoms with van der Waals surface area (Å²) in [6.45, 7) is 2.31. The molecule has 0 unspecified atom stereocenters. The van der Waals surface area contributed by atoms with Crippen LogP contribution in [0.15, 0.2) is 67.0 Å². The van der Waals surface area contributed by atoms with Crippen LogP contribution in [0.5, 0.6) is 11.5 Å². The Bertz CT molecular complexity index is 1010. The van der Waals surface area contributed by atoms with Crippen molar-refractivity contribution in [2.45, 2.75) is 13.5 Å². The largest absolute Gasteiger partial charge is 0.496 e. The molecule has 0 saturated heterocycles. The highest BCUT2D eigenvalue weighted by Gasteiger charge is 2.25. The van der Waals surface area contributed by atoms with Gasteiger partial charge in [0.05, 0.1) is 32.9 Å². The van der Waals surface area contributed by atoms with Crippen molar-refractivity contribution in [1.82, 2.24) is 4.98 Å². The summed E-state index contributed by atoms with van der Waals surface area (Å²) in [7, 11) is 3.01. The van der Waals surface area contributed by atoms with Gasteiger partial charge in [-0.25, -0.2) is 4.79 Å². The lowest BCUT2D eigenvalue weighted by Gasteiger charge is -2.25. The second-order valence-corrected chi connectivity index (χ2v) is 6.56. The highest BCUT2D eigenvalue weighted by Crippen LogP contribution is 2.32. The van der Waals surface area contributed by atoms with Crippen molar-refractivity contribution in [3.8, 4) is 11.5 Å². The average Bonchev–Trinajstić information content (AvgIpc) is 2.82. The fourth-order valence-electron chi connectivity index (χ4n) is 3.14. The quantitative estimate of drug-likeness (QED) is 0.510. The summed E-state index contributed by atoms with van der Waals surface area (Å²) < 4.78 is 15.9. The smallest absolute Gasteiger partial charge is 0.338 e. The molecule has 1 amide bonds. The number of carbonyl (C=O) groups is 2. The number of ether oxygens (including phenoxy) is 3. The van der Waals surface area contributed by atoms with Gasteiger partial charge in [-0.1, -0.05) is 12.1 Å². The van der Waals surface area contributed by atoms with Crippen molar-refractivity contribution < 1.29 is 23.8 Å². The van der Waals surface area contributed by atoms with Gasteiger partial charge in [0.1, 0.15) is 17.1 Å². The lowest BCUT2D eigenvalue weighted by Crippen LogP contribution is -2.31. The van der Waals surface area contributed by atoms with Gasteiger partial charge in [-0.2, -0.15) is 0 Å². The van der Waals surface area contributed by atoms with Crippen LogP contribution in [-0.4, -0.2) is 37.7 Å². The van der Waals surface area contributed by atoms with Gasteiger partial charge in [-0.3, -0.25) is 9.78 Å². The Balaban J connectivity index is 2.03. The second kappa shape index (κ2) is 10.2. The number of aromatic nitrogens is 1. The number of rotatable bonds is 8. The Hall–Kier alpha value is -3.87. The molecule has 0 N–H and O–H groups in total. The third kappa shape index (κ3) is 5.01. The first-order chi connectivity index (χ1) is 15.1. The van der Waals surface area contributed by atoms with Crippen LogP contribution in [0.4, 0.5) is 5.69 Å². The predicted octanol–water partition coefficient (Wildman–Crippen LogP) is 4.12. The van der Waals surface area contributed by atoms with Gasteiger partial charge >= 0.3 is 5.97 Å². The fourth-order valence-corrected chi connectivity index (χ4v) is 3.14. The molecular formula is C24H24N2O5. The van der Waals surface area contributed by atoms with Crippen molar-refractivity contribution in [1.29, 1.82) is 0 Å². The fraction of sp³-hybridized carbons (Fsp3) is 0.208. The van der Waals surface area contributed by atoms with Crippen LogP contribution in [0.3, 0.4) is 0 Å². The summed E-state index contributed by atoms with van der Waals surface area (Å²) in [5, 5.41) is 0. The van der Waals surface area contributed by atoms with Crippen molar-refractivity contribution >= 4 is 17.6 Å². The van der Waals surface area contributed by atoms with E-state index >= 15 is 0 Å². The van der Waals surface area contributed by atoms with Crippen LogP contribution in [0.25, 0.3) is 0 Å². The van der Waals surface area contributed by atoms with E-state index in [9.17, 15) is 9.59 Å². The standard InChI is InChI=1S/C24H24N2O5/c1-4-31-24(28)18-10-12-19(13-11-18)26(16-17-7-6-14-25-15-17)23(27)22-20(29-2)8-5-9-21(22)30-3/h5-15H,4,16H2,1-3H3. The second-order valence-electron chi connectivity index (χ2n) is 6.56. The van der Waals surface area contributed by atoms with Crippen LogP contribution in [-0.2, 0) is 11.3 Å².